The van der Waals surface area contributed by atoms with E-state index in [-0.39, 0.29) is 5.54 Å². The van der Waals surface area contributed by atoms with Crippen molar-refractivity contribution in [3.63, 3.8) is 0 Å². The lowest BCUT2D eigenvalue weighted by Gasteiger charge is -2.28. The SMILES string of the molecule is COCCn1ncc(Br)c1C(C)(O)CCNC(C)(C)C. The third kappa shape index (κ3) is 5.16. The topological polar surface area (TPSA) is 59.3 Å². The van der Waals surface area contributed by atoms with Gasteiger partial charge in [-0.2, -0.15) is 5.10 Å². The monoisotopic (exact) mass is 347 g/mol. The predicted octanol–water partition coefficient (Wildman–Crippen LogP) is 2.28. The largest absolute Gasteiger partial charge is 0.384 e. The van der Waals surface area contributed by atoms with Crippen molar-refractivity contribution in [1.29, 1.82) is 0 Å². The van der Waals surface area contributed by atoms with Gasteiger partial charge in [-0.15, -0.1) is 0 Å². The third-order valence-electron chi connectivity index (χ3n) is 3.08. The lowest BCUT2D eigenvalue weighted by atomic mass is 9.97. The second-order valence-electron chi connectivity index (χ2n) is 6.26. The highest BCUT2D eigenvalue weighted by Crippen LogP contribution is 2.30. The molecule has 0 aromatic carbocycles. The Labute approximate surface area is 129 Å². The molecule has 6 heteroatoms. The van der Waals surface area contributed by atoms with Crippen LogP contribution < -0.4 is 5.32 Å². The van der Waals surface area contributed by atoms with Crippen molar-refractivity contribution in [2.45, 2.75) is 51.8 Å². The van der Waals surface area contributed by atoms with Crippen molar-refractivity contribution in [3.05, 3.63) is 16.4 Å². The number of aromatic nitrogens is 2. The molecule has 0 aliphatic carbocycles. The van der Waals surface area contributed by atoms with Gasteiger partial charge in [-0.05, 0) is 56.6 Å². The van der Waals surface area contributed by atoms with Crippen molar-refractivity contribution in [1.82, 2.24) is 15.1 Å². The summed E-state index contributed by atoms with van der Waals surface area (Å²) in [6.07, 6.45) is 2.33. The Bertz CT molecular complexity index is 425. The van der Waals surface area contributed by atoms with E-state index in [9.17, 15) is 5.11 Å². The first-order chi connectivity index (χ1) is 9.17. The van der Waals surface area contributed by atoms with Crippen LogP contribution in [0.25, 0.3) is 0 Å². The van der Waals surface area contributed by atoms with Gasteiger partial charge in [0.15, 0.2) is 0 Å². The maximum Gasteiger partial charge on any atom is 0.106 e. The fourth-order valence-electron chi connectivity index (χ4n) is 2.04. The van der Waals surface area contributed by atoms with Gasteiger partial charge in [-0.3, -0.25) is 4.68 Å². The Hall–Kier alpha value is -0.430. The Kier molecular flexibility index (Phi) is 6.19. The van der Waals surface area contributed by atoms with E-state index in [1.807, 2.05) is 6.92 Å². The van der Waals surface area contributed by atoms with E-state index in [2.05, 4.69) is 47.1 Å². The second-order valence-corrected chi connectivity index (χ2v) is 7.11. The number of nitrogens with one attached hydrogen (secondary N) is 1. The van der Waals surface area contributed by atoms with Crippen LogP contribution >= 0.6 is 15.9 Å². The fourth-order valence-corrected chi connectivity index (χ4v) is 2.77. The Morgan fingerprint density at radius 1 is 1.40 bits per heavy atom. The molecule has 1 heterocycles. The summed E-state index contributed by atoms with van der Waals surface area (Å²) in [7, 11) is 1.66. The highest BCUT2D eigenvalue weighted by Gasteiger charge is 2.30. The van der Waals surface area contributed by atoms with Crippen LogP contribution in [0.15, 0.2) is 10.7 Å². The molecule has 0 aliphatic heterocycles. The zero-order chi connectivity index (χ0) is 15.4. The van der Waals surface area contributed by atoms with E-state index < -0.39 is 5.60 Å². The molecule has 20 heavy (non-hydrogen) atoms. The molecular weight excluding hydrogens is 322 g/mol. The number of hydrogen-bond donors (Lipinski definition) is 2. The predicted molar refractivity (Wildman–Crippen MR) is 83.7 cm³/mol. The van der Waals surface area contributed by atoms with E-state index in [1.165, 1.54) is 0 Å². The van der Waals surface area contributed by atoms with Crippen LogP contribution in [0.3, 0.4) is 0 Å². The molecule has 0 saturated heterocycles. The van der Waals surface area contributed by atoms with Gasteiger partial charge >= 0.3 is 0 Å². The van der Waals surface area contributed by atoms with Crippen LogP contribution in [0.4, 0.5) is 0 Å². The van der Waals surface area contributed by atoms with Crippen molar-refractivity contribution < 1.29 is 9.84 Å². The summed E-state index contributed by atoms with van der Waals surface area (Å²) in [6.45, 7) is 10.1. The Balaban J connectivity index is 2.77. The van der Waals surface area contributed by atoms with E-state index in [1.54, 1.807) is 18.0 Å². The van der Waals surface area contributed by atoms with Crippen LogP contribution in [0.5, 0.6) is 0 Å². The number of hydrogen-bond acceptors (Lipinski definition) is 4. The number of aliphatic hydroxyl groups is 1. The average molecular weight is 348 g/mol. The maximum atomic E-state index is 10.8. The molecule has 0 radical (unpaired) electrons. The summed E-state index contributed by atoms with van der Waals surface area (Å²) in [5.74, 6) is 0. The van der Waals surface area contributed by atoms with Gasteiger partial charge in [0, 0.05) is 12.6 Å². The molecule has 1 aromatic rings. The highest BCUT2D eigenvalue weighted by atomic mass is 79.9. The zero-order valence-corrected chi connectivity index (χ0v) is 14.6. The normalized spacial score (nSPS) is 15.3. The van der Waals surface area contributed by atoms with E-state index in [4.69, 9.17) is 4.74 Å². The van der Waals surface area contributed by atoms with Gasteiger partial charge in [0.25, 0.3) is 0 Å². The van der Waals surface area contributed by atoms with Gasteiger partial charge in [0.05, 0.1) is 29.5 Å². The van der Waals surface area contributed by atoms with E-state index in [0.717, 1.165) is 16.7 Å². The lowest BCUT2D eigenvalue weighted by Crippen LogP contribution is -2.39. The molecule has 0 saturated carbocycles. The summed E-state index contributed by atoms with van der Waals surface area (Å²) in [5, 5.41) is 18.4. The number of rotatable bonds is 7. The number of ether oxygens (including phenoxy) is 1. The molecule has 0 fully saturated rings. The maximum absolute atomic E-state index is 10.8. The molecular formula is C14H26BrN3O2. The van der Waals surface area contributed by atoms with Crippen molar-refractivity contribution in [2.75, 3.05) is 20.3 Å². The van der Waals surface area contributed by atoms with Gasteiger partial charge in [-0.1, -0.05) is 0 Å². The summed E-state index contributed by atoms with van der Waals surface area (Å²) in [5.41, 5.74) is -0.101. The second kappa shape index (κ2) is 7.02. The van der Waals surface area contributed by atoms with Gasteiger partial charge < -0.3 is 15.2 Å². The minimum absolute atomic E-state index is 0.0452. The van der Waals surface area contributed by atoms with Gasteiger partial charge in [0.2, 0.25) is 0 Å². The molecule has 0 bridgehead atoms. The summed E-state index contributed by atoms with van der Waals surface area (Å²) in [6, 6.07) is 0. The Morgan fingerprint density at radius 3 is 2.60 bits per heavy atom. The van der Waals surface area contributed by atoms with Crippen LogP contribution in [0.1, 0.15) is 39.8 Å². The Morgan fingerprint density at radius 2 is 2.05 bits per heavy atom. The van der Waals surface area contributed by atoms with Crippen LogP contribution in [0, 0.1) is 0 Å². The summed E-state index contributed by atoms with van der Waals surface area (Å²) < 4.78 is 7.70. The van der Waals surface area contributed by atoms with Crippen molar-refractivity contribution >= 4 is 15.9 Å². The van der Waals surface area contributed by atoms with Crippen LogP contribution in [-0.4, -0.2) is 40.7 Å². The summed E-state index contributed by atoms with van der Waals surface area (Å²) in [4.78, 5) is 0. The smallest absolute Gasteiger partial charge is 0.106 e. The minimum atomic E-state index is -0.943. The molecule has 5 nitrogen and oxygen atoms in total. The summed E-state index contributed by atoms with van der Waals surface area (Å²) >= 11 is 3.47. The van der Waals surface area contributed by atoms with Crippen molar-refractivity contribution in [2.24, 2.45) is 0 Å². The zero-order valence-electron chi connectivity index (χ0n) is 13.0. The molecule has 2 N–H and O–H groups in total. The third-order valence-corrected chi connectivity index (χ3v) is 3.66. The quantitative estimate of drug-likeness (QED) is 0.794. The standard InChI is InChI=1S/C14H26BrN3O2/c1-13(2,3)16-7-6-14(4,19)12-11(15)10-17-18(12)8-9-20-5/h10,16,19H,6-9H2,1-5H3. The van der Waals surface area contributed by atoms with Gasteiger partial charge in [-0.25, -0.2) is 0 Å². The molecule has 1 rings (SSSR count). The highest BCUT2D eigenvalue weighted by molar-refractivity contribution is 9.10. The number of nitrogens with zero attached hydrogens (tertiary/aromatic N) is 2. The van der Waals surface area contributed by atoms with Gasteiger partial charge in [0.1, 0.15) is 5.60 Å². The molecule has 1 unspecified atom stereocenters. The minimum Gasteiger partial charge on any atom is -0.384 e. The van der Waals surface area contributed by atoms with Crippen LogP contribution in [0.2, 0.25) is 0 Å². The average Bonchev–Trinajstić information content (AvgIpc) is 2.66. The molecule has 0 spiro atoms. The first-order valence-electron chi connectivity index (χ1n) is 6.85. The first kappa shape index (κ1) is 17.6. The van der Waals surface area contributed by atoms with E-state index in [0.29, 0.717) is 19.6 Å². The molecule has 1 aromatic heterocycles. The molecule has 1 atom stereocenters. The molecule has 0 amide bonds. The van der Waals surface area contributed by atoms with E-state index >= 15 is 0 Å². The first-order valence-corrected chi connectivity index (χ1v) is 7.65. The number of halogens is 1. The molecule has 0 aliphatic rings. The lowest BCUT2D eigenvalue weighted by molar-refractivity contribution is 0.0348. The fraction of sp³-hybridized carbons (Fsp3) is 0.786. The van der Waals surface area contributed by atoms with Crippen molar-refractivity contribution in [3.8, 4) is 0 Å². The molecule has 116 valence electrons. The number of methoxy groups -OCH3 is 1. The van der Waals surface area contributed by atoms with Crippen LogP contribution in [-0.2, 0) is 16.9 Å².